The summed E-state index contributed by atoms with van der Waals surface area (Å²) in [5, 5.41) is 12.8. The summed E-state index contributed by atoms with van der Waals surface area (Å²) >= 11 is 0. The summed E-state index contributed by atoms with van der Waals surface area (Å²) in [7, 11) is -0.862. The Kier molecular flexibility index (Phi) is 10.0. The van der Waals surface area contributed by atoms with Crippen LogP contribution >= 0.6 is 24.0 Å². The highest BCUT2D eigenvalue weighted by Gasteiger charge is 2.21. The molecule has 0 aliphatic carbocycles. The highest BCUT2D eigenvalue weighted by atomic mass is 127. The zero-order valence-corrected chi connectivity index (χ0v) is 16.7. The average Bonchev–Trinajstić information content (AvgIpc) is 2.37. The molecule has 0 bridgehead atoms. The topological polar surface area (TPSA) is 64.9 Å². The summed E-state index contributed by atoms with van der Waals surface area (Å²) in [4.78, 5) is 6.75. The number of rotatable bonds is 4. The lowest BCUT2D eigenvalue weighted by Crippen LogP contribution is -2.46. The lowest BCUT2D eigenvalue weighted by molar-refractivity contribution is 0.108. The second-order valence-corrected chi connectivity index (χ2v) is 8.44. The molecule has 1 aliphatic rings. The van der Waals surface area contributed by atoms with Crippen LogP contribution in [0.1, 0.15) is 40.5 Å². The van der Waals surface area contributed by atoms with Gasteiger partial charge in [-0.05, 0) is 40.5 Å². The van der Waals surface area contributed by atoms with E-state index >= 15 is 0 Å². The fourth-order valence-electron chi connectivity index (χ4n) is 2.04. The van der Waals surface area contributed by atoms with Crippen LogP contribution in [0.5, 0.6) is 0 Å². The molecule has 0 radical (unpaired) electrons. The van der Waals surface area contributed by atoms with Gasteiger partial charge in [-0.1, -0.05) is 0 Å². The maximum Gasteiger partial charge on any atom is 0.193 e. The van der Waals surface area contributed by atoms with Crippen molar-refractivity contribution < 1.29 is 9.32 Å². The van der Waals surface area contributed by atoms with Crippen molar-refractivity contribution in [2.24, 2.45) is 4.99 Å². The molecule has 1 aliphatic heterocycles. The van der Waals surface area contributed by atoms with Gasteiger partial charge in [0.2, 0.25) is 0 Å². The van der Waals surface area contributed by atoms with Gasteiger partial charge in [0.15, 0.2) is 5.96 Å². The number of hydrogen-bond acceptors (Lipinski definition) is 3. The molecule has 0 saturated carbocycles. The van der Waals surface area contributed by atoms with E-state index in [4.69, 9.17) is 0 Å². The highest BCUT2D eigenvalue weighted by Crippen LogP contribution is 2.12. The maximum absolute atomic E-state index is 12.0. The molecule has 126 valence electrons. The Bertz CT molecular complexity index is 351. The van der Waals surface area contributed by atoms with E-state index in [0.29, 0.717) is 12.3 Å². The predicted octanol–water partition coefficient (Wildman–Crippen LogP) is 1.57. The summed E-state index contributed by atoms with van der Waals surface area (Å²) < 4.78 is 11.8. The van der Waals surface area contributed by atoms with Gasteiger partial charge in [-0.3, -0.25) is 9.20 Å². The Morgan fingerprint density at radius 2 is 1.95 bits per heavy atom. The van der Waals surface area contributed by atoms with Gasteiger partial charge in [-0.2, -0.15) is 0 Å². The quantitative estimate of drug-likeness (QED) is 0.403. The van der Waals surface area contributed by atoms with Crippen molar-refractivity contribution in [3.8, 4) is 0 Å². The lowest BCUT2D eigenvalue weighted by Gasteiger charge is -2.32. The standard InChI is InChI=1S/C14H29N3O2S.HI/c1-5-15-13(17-9-6-12(18)7-10-17)16-8-11-20(19)14(2,3)4;/h12,18H,5-11H2,1-4H3,(H,15,16);1H. The summed E-state index contributed by atoms with van der Waals surface area (Å²) in [6.07, 6.45) is 1.40. The van der Waals surface area contributed by atoms with Crippen molar-refractivity contribution >= 4 is 40.7 Å². The number of nitrogens with zero attached hydrogens (tertiary/aromatic N) is 2. The summed E-state index contributed by atoms with van der Waals surface area (Å²) in [5.74, 6) is 1.47. The molecule has 7 heteroatoms. The monoisotopic (exact) mass is 431 g/mol. The van der Waals surface area contributed by atoms with E-state index in [-0.39, 0.29) is 34.8 Å². The Morgan fingerprint density at radius 3 is 2.43 bits per heavy atom. The summed E-state index contributed by atoms with van der Waals surface area (Å²) in [6, 6.07) is 0. The van der Waals surface area contributed by atoms with Crippen molar-refractivity contribution in [1.82, 2.24) is 10.2 Å². The molecule has 21 heavy (non-hydrogen) atoms. The largest absolute Gasteiger partial charge is 0.393 e. The first-order chi connectivity index (χ1) is 9.34. The number of aliphatic hydroxyl groups is 1. The third kappa shape index (κ3) is 7.78. The second-order valence-electron chi connectivity index (χ2n) is 6.12. The average molecular weight is 431 g/mol. The van der Waals surface area contributed by atoms with Crippen molar-refractivity contribution in [3.05, 3.63) is 0 Å². The molecular formula is C14H30IN3O2S. The number of piperidine rings is 1. The van der Waals surface area contributed by atoms with Crippen LogP contribution < -0.4 is 5.32 Å². The Hall–Kier alpha value is 0.110. The van der Waals surface area contributed by atoms with Gasteiger partial charge >= 0.3 is 0 Å². The normalized spacial score (nSPS) is 19.1. The number of aliphatic imine (C=N–C) groups is 1. The maximum atomic E-state index is 12.0. The van der Waals surface area contributed by atoms with Gasteiger partial charge in [-0.25, -0.2) is 0 Å². The van der Waals surface area contributed by atoms with Crippen LogP contribution in [-0.4, -0.2) is 63.0 Å². The summed E-state index contributed by atoms with van der Waals surface area (Å²) in [6.45, 7) is 11.1. The van der Waals surface area contributed by atoms with Gasteiger partial charge in [0, 0.05) is 40.9 Å². The predicted molar refractivity (Wildman–Crippen MR) is 101 cm³/mol. The zero-order valence-electron chi connectivity index (χ0n) is 13.6. The number of likely N-dealkylation sites (tertiary alicyclic amines) is 1. The van der Waals surface area contributed by atoms with Crippen LogP contribution in [0.3, 0.4) is 0 Å². The van der Waals surface area contributed by atoms with Crippen LogP contribution in [0.15, 0.2) is 4.99 Å². The van der Waals surface area contributed by atoms with E-state index < -0.39 is 10.8 Å². The lowest BCUT2D eigenvalue weighted by atomic mass is 10.1. The third-order valence-electron chi connectivity index (χ3n) is 3.32. The number of guanidine groups is 1. The minimum atomic E-state index is -0.862. The fourth-order valence-corrected chi connectivity index (χ4v) is 2.91. The molecule has 0 aromatic carbocycles. The number of hydrogen-bond donors (Lipinski definition) is 2. The van der Waals surface area contributed by atoms with Crippen LogP contribution in [-0.2, 0) is 10.8 Å². The molecule has 2 N–H and O–H groups in total. The summed E-state index contributed by atoms with van der Waals surface area (Å²) in [5.41, 5.74) is 0. The molecule has 1 heterocycles. The Labute approximate surface area is 148 Å². The first kappa shape index (κ1) is 21.1. The molecule has 0 aromatic heterocycles. The Morgan fingerprint density at radius 1 is 1.38 bits per heavy atom. The molecular weight excluding hydrogens is 401 g/mol. The molecule has 0 amide bonds. The van der Waals surface area contributed by atoms with Crippen molar-refractivity contribution in [2.75, 3.05) is 31.9 Å². The molecule has 1 saturated heterocycles. The van der Waals surface area contributed by atoms with Gasteiger partial charge < -0.3 is 15.3 Å². The number of aliphatic hydroxyl groups excluding tert-OH is 1. The fraction of sp³-hybridized carbons (Fsp3) is 0.929. The van der Waals surface area contributed by atoms with Crippen LogP contribution in [0, 0.1) is 0 Å². The van der Waals surface area contributed by atoms with Crippen LogP contribution in [0.2, 0.25) is 0 Å². The minimum Gasteiger partial charge on any atom is -0.393 e. The molecule has 1 rings (SSSR count). The SMILES string of the molecule is CCNC(=NCCS(=O)C(C)(C)C)N1CCC(O)CC1.I. The van der Waals surface area contributed by atoms with Gasteiger partial charge in [0.1, 0.15) is 0 Å². The van der Waals surface area contributed by atoms with Gasteiger partial charge in [-0.15, -0.1) is 24.0 Å². The van der Waals surface area contributed by atoms with E-state index in [1.54, 1.807) is 0 Å². The van der Waals surface area contributed by atoms with E-state index in [1.165, 1.54) is 0 Å². The van der Waals surface area contributed by atoms with Crippen molar-refractivity contribution in [2.45, 2.75) is 51.4 Å². The number of halogens is 1. The van der Waals surface area contributed by atoms with Crippen LogP contribution in [0.4, 0.5) is 0 Å². The van der Waals surface area contributed by atoms with E-state index in [0.717, 1.165) is 38.4 Å². The van der Waals surface area contributed by atoms with E-state index in [1.807, 2.05) is 27.7 Å². The zero-order chi connectivity index (χ0) is 15.2. The molecule has 1 atom stereocenters. The molecule has 0 aromatic rings. The molecule has 1 unspecified atom stereocenters. The van der Waals surface area contributed by atoms with Gasteiger partial charge in [0.05, 0.1) is 12.6 Å². The molecule has 1 fully saturated rings. The van der Waals surface area contributed by atoms with Crippen LogP contribution in [0.25, 0.3) is 0 Å². The first-order valence-electron chi connectivity index (χ1n) is 7.44. The van der Waals surface area contributed by atoms with Crippen molar-refractivity contribution in [1.29, 1.82) is 0 Å². The van der Waals surface area contributed by atoms with Gasteiger partial charge in [0.25, 0.3) is 0 Å². The second kappa shape index (κ2) is 9.99. The third-order valence-corrected chi connectivity index (χ3v) is 5.24. The number of nitrogens with one attached hydrogen (secondary N) is 1. The smallest absolute Gasteiger partial charge is 0.193 e. The molecule has 0 spiro atoms. The molecule has 5 nitrogen and oxygen atoms in total. The Balaban J connectivity index is 0.00000400. The highest BCUT2D eigenvalue weighted by molar-refractivity contribution is 14.0. The van der Waals surface area contributed by atoms with E-state index in [9.17, 15) is 9.32 Å². The minimum absolute atomic E-state index is 0. The van der Waals surface area contributed by atoms with Crippen molar-refractivity contribution in [3.63, 3.8) is 0 Å². The van der Waals surface area contributed by atoms with E-state index in [2.05, 4.69) is 15.2 Å². The first-order valence-corrected chi connectivity index (χ1v) is 8.76.